The van der Waals surface area contributed by atoms with Crippen molar-refractivity contribution in [1.29, 1.82) is 0 Å². The summed E-state index contributed by atoms with van der Waals surface area (Å²) in [7, 11) is 0. The minimum Gasteiger partial charge on any atom is -0.478 e. The smallest absolute Gasteiger partial charge is 0.337 e. The van der Waals surface area contributed by atoms with E-state index in [4.69, 9.17) is 10.8 Å². The van der Waals surface area contributed by atoms with Crippen molar-refractivity contribution in [2.45, 2.75) is 32.6 Å². The molecule has 1 saturated heterocycles. The molecule has 21 heavy (non-hydrogen) atoms. The van der Waals surface area contributed by atoms with Gasteiger partial charge in [0.2, 0.25) is 11.8 Å². The quantitative estimate of drug-likeness (QED) is 0.652. The van der Waals surface area contributed by atoms with E-state index < -0.39 is 5.97 Å². The van der Waals surface area contributed by atoms with Crippen molar-refractivity contribution in [1.82, 2.24) is 4.90 Å². The van der Waals surface area contributed by atoms with Crippen LogP contribution in [0.3, 0.4) is 0 Å². The summed E-state index contributed by atoms with van der Waals surface area (Å²) in [6.07, 6.45) is 2.79. The van der Waals surface area contributed by atoms with Crippen molar-refractivity contribution < 1.29 is 19.5 Å². The monoisotopic (exact) mass is 292 g/mol. The topological polar surface area (TPSA) is 101 Å². The number of carboxylic acid groups (broad SMARTS) is 1. The molecule has 0 radical (unpaired) electrons. The van der Waals surface area contributed by atoms with Crippen LogP contribution in [0.2, 0.25) is 0 Å². The van der Waals surface area contributed by atoms with Gasteiger partial charge in [-0.2, -0.15) is 0 Å². The number of aromatic carboxylic acids is 1. The summed E-state index contributed by atoms with van der Waals surface area (Å²) in [6, 6.07) is 6.36. The average Bonchev–Trinajstić information content (AvgIpc) is 2.77. The van der Waals surface area contributed by atoms with Gasteiger partial charge < -0.3 is 10.8 Å². The maximum Gasteiger partial charge on any atom is 0.337 e. The van der Waals surface area contributed by atoms with E-state index in [1.54, 1.807) is 18.2 Å². The van der Waals surface area contributed by atoms with Gasteiger partial charge in [0.15, 0.2) is 0 Å². The third-order valence-electron chi connectivity index (χ3n) is 3.08. The highest BCUT2D eigenvalue weighted by Gasteiger charge is 2.27. The summed E-state index contributed by atoms with van der Waals surface area (Å²) in [5, 5.41) is 8.49. The molecule has 114 valence electrons. The first-order chi connectivity index (χ1) is 9.97. The third kappa shape index (κ3) is 4.91. The van der Waals surface area contributed by atoms with Crippen LogP contribution in [-0.2, 0) is 9.59 Å². The second-order valence-corrected chi connectivity index (χ2v) is 4.69. The highest BCUT2D eigenvalue weighted by atomic mass is 16.4. The number of nitrogens with two attached hydrogens (primary N) is 1. The fourth-order valence-corrected chi connectivity index (χ4v) is 1.88. The lowest BCUT2D eigenvalue weighted by Crippen LogP contribution is -2.29. The Morgan fingerprint density at radius 3 is 2.24 bits per heavy atom. The number of para-hydroxylation sites is 1. The number of carbonyl (C=O) groups excluding carboxylic acids is 2. The molecule has 1 aromatic rings. The molecule has 6 nitrogen and oxygen atoms in total. The number of hydrogen-bond acceptors (Lipinski definition) is 4. The highest BCUT2D eigenvalue weighted by Crippen LogP contribution is 2.12. The van der Waals surface area contributed by atoms with Gasteiger partial charge in [-0.25, -0.2) is 4.79 Å². The van der Waals surface area contributed by atoms with E-state index in [1.807, 2.05) is 6.92 Å². The molecular formula is C15H20N2O4. The number of carboxylic acids is 1. The zero-order valence-corrected chi connectivity index (χ0v) is 12.0. The molecule has 1 aliphatic heterocycles. The van der Waals surface area contributed by atoms with Crippen LogP contribution < -0.4 is 5.73 Å². The number of nitrogen functional groups attached to an aromatic ring is 1. The van der Waals surface area contributed by atoms with Crippen LogP contribution >= 0.6 is 0 Å². The van der Waals surface area contributed by atoms with Gasteiger partial charge in [-0.05, 0) is 18.6 Å². The molecule has 2 rings (SSSR count). The first-order valence-corrected chi connectivity index (χ1v) is 6.88. The summed E-state index contributed by atoms with van der Waals surface area (Å²) in [6.45, 7) is 2.67. The van der Waals surface area contributed by atoms with E-state index in [2.05, 4.69) is 0 Å². The summed E-state index contributed by atoms with van der Waals surface area (Å²) >= 11 is 0. The van der Waals surface area contributed by atoms with E-state index in [9.17, 15) is 14.4 Å². The number of benzene rings is 1. The molecule has 6 heteroatoms. The van der Waals surface area contributed by atoms with Gasteiger partial charge >= 0.3 is 5.97 Å². The van der Waals surface area contributed by atoms with Crippen molar-refractivity contribution in [3.05, 3.63) is 29.8 Å². The Morgan fingerprint density at radius 1 is 1.24 bits per heavy atom. The minimum absolute atomic E-state index is 0.00319. The number of amides is 2. The number of hydrogen-bond donors (Lipinski definition) is 2. The largest absolute Gasteiger partial charge is 0.478 e. The normalized spacial score (nSPS) is 13.9. The fourth-order valence-electron chi connectivity index (χ4n) is 1.88. The van der Waals surface area contributed by atoms with Crippen molar-refractivity contribution in [3.8, 4) is 0 Å². The molecule has 0 spiro atoms. The molecule has 2 amide bonds. The van der Waals surface area contributed by atoms with Crippen LogP contribution in [0.15, 0.2) is 24.3 Å². The molecule has 1 fully saturated rings. The number of carbonyl (C=O) groups is 3. The number of nitrogens with zero attached hydrogens (tertiary/aromatic N) is 1. The molecule has 0 saturated carbocycles. The average molecular weight is 292 g/mol. The van der Waals surface area contributed by atoms with Crippen molar-refractivity contribution in [2.75, 3.05) is 12.3 Å². The first-order valence-electron chi connectivity index (χ1n) is 6.88. The Balaban J connectivity index is 0.000000211. The number of likely N-dealkylation sites (tertiary alicyclic amines) is 1. The third-order valence-corrected chi connectivity index (χ3v) is 3.08. The predicted octanol–water partition coefficient (Wildman–Crippen LogP) is 1.90. The van der Waals surface area contributed by atoms with Crippen molar-refractivity contribution in [3.63, 3.8) is 0 Å². The van der Waals surface area contributed by atoms with Crippen molar-refractivity contribution >= 4 is 23.5 Å². The van der Waals surface area contributed by atoms with Crippen LogP contribution in [-0.4, -0.2) is 34.3 Å². The lowest BCUT2D eigenvalue weighted by Gasteiger charge is -2.11. The Kier molecular flexibility index (Phi) is 6.39. The summed E-state index contributed by atoms with van der Waals surface area (Å²) in [5.74, 6) is -0.981. The standard InChI is InChI=1S/C8H13NO2.C7H7NO2/c1-2-3-6-9-7(10)4-5-8(9)11;8-6-4-2-1-3-5(6)7(9)10/h2-6H2,1H3;1-4H,8H2,(H,9,10). The predicted molar refractivity (Wildman–Crippen MR) is 78.7 cm³/mol. The molecule has 0 unspecified atom stereocenters. The van der Waals surface area contributed by atoms with E-state index in [1.165, 1.54) is 11.0 Å². The maximum absolute atomic E-state index is 11.0. The van der Waals surface area contributed by atoms with Crippen LogP contribution in [0.1, 0.15) is 43.0 Å². The number of unbranched alkanes of at least 4 members (excludes halogenated alkanes) is 1. The fraction of sp³-hybridized carbons (Fsp3) is 0.400. The van der Waals surface area contributed by atoms with E-state index >= 15 is 0 Å². The second-order valence-electron chi connectivity index (χ2n) is 4.69. The second kappa shape index (κ2) is 8.04. The SMILES string of the molecule is CCCCN1C(=O)CCC1=O.Nc1ccccc1C(=O)O. The number of rotatable bonds is 4. The highest BCUT2D eigenvalue weighted by molar-refractivity contribution is 6.01. The zero-order chi connectivity index (χ0) is 15.8. The molecule has 1 aliphatic rings. The van der Waals surface area contributed by atoms with Crippen LogP contribution in [0.4, 0.5) is 5.69 Å². The Hall–Kier alpha value is -2.37. The molecule has 0 atom stereocenters. The molecule has 1 heterocycles. The van der Waals surface area contributed by atoms with Gasteiger partial charge in [0.05, 0.1) is 5.56 Å². The molecule has 0 aliphatic carbocycles. The van der Waals surface area contributed by atoms with Crippen molar-refractivity contribution in [2.24, 2.45) is 0 Å². The van der Waals surface area contributed by atoms with Crippen LogP contribution in [0.5, 0.6) is 0 Å². The van der Waals surface area contributed by atoms with Gasteiger partial charge in [-0.15, -0.1) is 0 Å². The number of imide groups is 1. The van der Waals surface area contributed by atoms with Gasteiger partial charge in [0.1, 0.15) is 0 Å². The van der Waals surface area contributed by atoms with E-state index in [0.717, 1.165) is 12.8 Å². The zero-order valence-electron chi connectivity index (χ0n) is 12.0. The molecule has 1 aromatic carbocycles. The summed E-state index contributed by atoms with van der Waals surface area (Å²) in [4.78, 5) is 33.7. The molecule has 3 N–H and O–H groups in total. The van der Waals surface area contributed by atoms with E-state index in [0.29, 0.717) is 25.1 Å². The Labute approximate surface area is 123 Å². The lowest BCUT2D eigenvalue weighted by atomic mass is 10.2. The van der Waals surface area contributed by atoms with Crippen LogP contribution in [0.25, 0.3) is 0 Å². The summed E-state index contributed by atoms with van der Waals surface area (Å²) in [5.41, 5.74) is 5.80. The maximum atomic E-state index is 11.0. The first kappa shape index (κ1) is 16.7. The summed E-state index contributed by atoms with van der Waals surface area (Å²) < 4.78 is 0. The molecule has 0 bridgehead atoms. The van der Waals surface area contributed by atoms with Gasteiger partial charge in [-0.1, -0.05) is 25.5 Å². The Bertz CT molecular complexity index is 512. The van der Waals surface area contributed by atoms with E-state index in [-0.39, 0.29) is 17.4 Å². The van der Waals surface area contributed by atoms with Gasteiger partial charge in [-0.3, -0.25) is 14.5 Å². The minimum atomic E-state index is -0.988. The van der Waals surface area contributed by atoms with Crippen LogP contribution in [0, 0.1) is 0 Å². The number of anilines is 1. The Morgan fingerprint density at radius 2 is 1.81 bits per heavy atom. The molecular weight excluding hydrogens is 272 g/mol. The lowest BCUT2D eigenvalue weighted by molar-refractivity contribution is -0.138. The molecule has 0 aromatic heterocycles. The van der Waals surface area contributed by atoms with Gasteiger partial charge in [0, 0.05) is 25.1 Å². The van der Waals surface area contributed by atoms with Gasteiger partial charge in [0.25, 0.3) is 0 Å².